The Kier molecular flexibility index (Phi) is 4.92. The molecule has 2 aliphatic carbocycles. The number of Topliss-reactive ketones (excluding diaryl/α,β-unsaturated/α-hetero) is 1. The quantitative estimate of drug-likeness (QED) is 0.598. The second kappa shape index (κ2) is 7.53. The monoisotopic (exact) mass is 486 g/mol. The number of nitrogens with zero attached hydrogens (tertiary/aromatic N) is 1. The van der Waals surface area contributed by atoms with Gasteiger partial charge < -0.3 is 5.32 Å². The first-order valence-corrected chi connectivity index (χ1v) is 12.4. The summed E-state index contributed by atoms with van der Waals surface area (Å²) in [6, 6.07) is 10.2. The number of halogens is 3. The zero-order valence-corrected chi connectivity index (χ0v) is 19.8. The number of anilines is 1. The van der Waals surface area contributed by atoms with Gasteiger partial charge in [-0.25, -0.2) is 4.39 Å². The van der Waals surface area contributed by atoms with Gasteiger partial charge in [-0.15, -0.1) is 0 Å². The highest BCUT2D eigenvalue weighted by molar-refractivity contribution is 6.31. The van der Waals surface area contributed by atoms with Gasteiger partial charge in [0.1, 0.15) is 17.1 Å². The van der Waals surface area contributed by atoms with Crippen LogP contribution in [0.5, 0.6) is 0 Å². The topological polar surface area (TPSA) is 49.4 Å². The first-order valence-electron chi connectivity index (χ1n) is 11.7. The Hall–Kier alpha value is -1.95. The van der Waals surface area contributed by atoms with Gasteiger partial charge in [-0.1, -0.05) is 48.3 Å². The molecular weight excluding hydrogens is 462 g/mol. The van der Waals surface area contributed by atoms with Crippen LogP contribution >= 0.6 is 23.2 Å². The van der Waals surface area contributed by atoms with Gasteiger partial charge in [-0.3, -0.25) is 14.5 Å². The lowest BCUT2D eigenvalue weighted by Crippen LogP contribution is -2.53. The van der Waals surface area contributed by atoms with E-state index in [2.05, 4.69) is 17.1 Å². The Balaban J connectivity index is 1.64. The molecule has 1 saturated heterocycles. The van der Waals surface area contributed by atoms with Crippen LogP contribution < -0.4 is 5.32 Å². The van der Waals surface area contributed by atoms with Gasteiger partial charge in [0.15, 0.2) is 0 Å². The molecule has 0 radical (unpaired) electrons. The van der Waals surface area contributed by atoms with Crippen LogP contribution in [0.1, 0.15) is 49.7 Å². The number of likely N-dealkylation sites (tertiary alicyclic amines) is 1. The average molecular weight is 487 g/mol. The average Bonchev–Trinajstić information content (AvgIpc) is 3.29. The maximum absolute atomic E-state index is 15.6. The van der Waals surface area contributed by atoms with Crippen LogP contribution in [0.15, 0.2) is 36.4 Å². The fourth-order valence-corrected chi connectivity index (χ4v) is 7.11. The number of rotatable bonds is 3. The molecule has 3 fully saturated rings. The molecular formula is C26H25Cl2FN2O2. The van der Waals surface area contributed by atoms with E-state index in [9.17, 15) is 9.59 Å². The highest BCUT2D eigenvalue weighted by atomic mass is 35.5. The zero-order chi connectivity index (χ0) is 23.1. The molecule has 2 heterocycles. The number of benzene rings is 2. The molecule has 1 N–H and O–H groups in total. The Bertz CT molecular complexity index is 1190. The molecule has 2 unspecified atom stereocenters. The Morgan fingerprint density at radius 2 is 2.00 bits per heavy atom. The van der Waals surface area contributed by atoms with Gasteiger partial charge in [-0.05, 0) is 54.9 Å². The number of hydrogen-bond acceptors (Lipinski definition) is 3. The highest BCUT2D eigenvalue weighted by Crippen LogP contribution is 2.62. The van der Waals surface area contributed by atoms with Crippen LogP contribution in [0.3, 0.4) is 0 Å². The molecule has 4 aliphatic rings. The highest BCUT2D eigenvalue weighted by Gasteiger charge is 2.69. The third-order valence-electron chi connectivity index (χ3n) is 8.38. The Labute approximate surface area is 202 Å². The molecule has 172 valence electrons. The molecule has 1 spiro atoms. The van der Waals surface area contributed by atoms with Crippen LogP contribution in [0, 0.1) is 23.6 Å². The van der Waals surface area contributed by atoms with E-state index in [-0.39, 0.29) is 22.8 Å². The van der Waals surface area contributed by atoms with Gasteiger partial charge in [0.25, 0.3) is 0 Å². The molecule has 2 aromatic carbocycles. The molecule has 0 aromatic heterocycles. The summed E-state index contributed by atoms with van der Waals surface area (Å²) < 4.78 is 15.6. The largest absolute Gasteiger partial charge is 0.324 e. The van der Waals surface area contributed by atoms with Crippen molar-refractivity contribution in [1.29, 1.82) is 0 Å². The fraction of sp³-hybridized carbons (Fsp3) is 0.462. The maximum Gasteiger partial charge on any atom is 0.250 e. The van der Waals surface area contributed by atoms with Crippen LogP contribution in [-0.4, -0.2) is 29.2 Å². The zero-order valence-electron chi connectivity index (χ0n) is 18.3. The van der Waals surface area contributed by atoms with Gasteiger partial charge in [0.2, 0.25) is 5.91 Å². The van der Waals surface area contributed by atoms with Crippen LogP contribution in [0.2, 0.25) is 10.0 Å². The van der Waals surface area contributed by atoms with E-state index >= 15 is 4.39 Å². The molecule has 2 saturated carbocycles. The van der Waals surface area contributed by atoms with Gasteiger partial charge >= 0.3 is 0 Å². The lowest BCUT2D eigenvalue weighted by atomic mass is 9.68. The molecule has 1 amide bonds. The predicted molar refractivity (Wildman–Crippen MR) is 126 cm³/mol. The van der Waals surface area contributed by atoms with Crippen molar-refractivity contribution >= 4 is 40.6 Å². The van der Waals surface area contributed by atoms with Gasteiger partial charge in [0, 0.05) is 47.1 Å². The third kappa shape index (κ3) is 2.98. The lowest BCUT2D eigenvalue weighted by Gasteiger charge is -2.40. The number of carbonyl (C=O) groups is 2. The summed E-state index contributed by atoms with van der Waals surface area (Å²) >= 11 is 12.5. The maximum atomic E-state index is 15.6. The summed E-state index contributed by atoms with van der Waals surface area (Å²) in [5.41, 5.74) is 0.581. The summed E-state index contributed by atoms with van der Waals surface area (Å²) in [6.45, 7) is 2.93. The summed E-state index contributed by atoms with van der Waals surface area (Å²) in [5, 5.41) is 3.56. The number of amides is 1. The first-order chi connectivity index (χ1) is 15.8. The van der Waals surface area contributed by atoms with Crippen LogP contribution in [0.25, 0.3) is 0 Å². The Morgan fingerprint density at radius 3 is 2.76 bits per heavy atom. The standard InChI is InChI=1S/C26H25Cl2FN2O2/c1-13-10-14(13)12-31-20-6-3-7-21(32)22(20)23(16-4-2-5-18(28)24(16)29)26(31)17-9-8-15(27)11-19(17)30-25(26)33/h2,4-5,8-9,11,13-14,20,22-23H,3,6-7,10,12H2,1H3,(H,30,33)/t13?,14?,20-,22-,23-,26+/m0/s1. The van der Waals surface area contributed by atoms with Gasteiger partial charge in [-0.2, -0.15) is 0 Å². The van der Waals surface area contributed by atoms with Crippen molar-refractivity contribution in [3.8, 4) is 0 Å². The van der Waals surface area contributed by atoms with Crippen molar-refractivity contribution in [3.63, 3.8) is 0 Å². The van der Waals surface area contributed by atoms with Crippen LogP contribution in [-0.2, 0) is 15.1 Å². The third-order valence-corrected chi connectivity index (χ3v) is 8.91. The number of fused-ring (bicyclic) bond motifs is 3. The minimum Gasteiger partial charge on any atom is -0.324 e. The molecule has 7 heteroatoms. The number of ketones is 1. The fourth-order valence-electron chi connectivity index (χ4n) is 6.75. The minimum absolute atomic E-state index is 0.00598. The SMILES string of the molecule is CC1CC1CN1[C@H]2CCCC(=O)[C@H]2[C@H](c2cccc(Cl)c2F)[C@]12C(=O)Nc1cc(Cl)ccc12. The lowest BCUT2D eigenvalue weighted by molar-refractivity contribution is -0.128. The summed E-state index contributed by atoms with van der Waals surface area (Å²) in [6.07, 6.45) is 3.16. The second-order valence-corrected chi connectivity index (χ2v) is 11.0. The minimum atomic E-state index is -1.18. The van der Waals surface area contributed by atoms with E-state index in [0.29, 0.717) is 41.1 Å². The van der Waals surface area contributed by atoms with Crippen molar-refractivity contribution in [2.45, 2.75) is 50.1 Å². The van der Waals surface area contributed by atoms with E-state index < -0.39 is 23.2 Å². The normalized spacial score (nSPS) is 35.0. The molecule has 33 heavy (non-hydrogen) atoms. The molecule has 2 aromatic rings. The van der Waals surface area contributed by atoms with Gasteiger partial charge in [0.05, 0.1) is 5.02 Å². The summed E-state index contributed by atoms with van der Waals surface area (Å²) in [4.78, 5) is 29.7. The second-order valence-electron chi connectivity index (χ2n) is 10.1. The van der Waals surface area contributed by atoms with E-state index in [1.165, 1.54) is 6.07 Å². The van der Waals surface area contributed by atoms with Crippen molar-refractivity contribution < 1.29 is 14.0 Å². The number of hydrogen-bond donors (Lipinski definition) is 1. The molecule has 0 bridgehead atoms. The molecule has 2 aliphatic heterocycles. The van der Waals surface area contributed by atoms with E-state index in [4.69, 9.17) is 23.2 Å². The summed E-state index contributed by atoms with van der Waals surface area (Å²) in [5.74, 6) is -0.727. The van der Waals surface area contributed by atoms with E-state index in [1.54, 1.807) is 24.3 Å². The van der Waals surface area contributed by atoms with Crippen molar-refractivity contribution in [3.05, 3.63) is 63.4 Å². The summed E-state index contributed by atoms with van der Waals surface area (Å²) in [7, 11) is 0. The van der Waals surface area contributed by atoms with E-state index in [0.717, 1.165) is 24.8 Å². The number of nitrogens with one attached hydrogen (secondary N) is 1. The molecule has 4 nitrogen and oxygen atoms in total. The molecule has 6 rings (SSSR count). The van der Waals surface area contributed by atoms with Crippen molar-refractivity contribution in [1.82, 2.24) is 4.90 Å². The number of carbonyl (C=O) groups excluding carboxylic acids is 2. The van der Waals surface area contributed by atoms with Crippen molar-refractivity contribution in [2.75, 3.05) is 11.9 Å². The van der Waals surface area contributed by atoms with Crippen molar-refractivity contribution in [2.24, 2.45) is 17.8 Å². The predicted octanol–water partition coefficient (Wildman–Crippen LogP) is 5.77. The van der Waals surface area contributed by atoms with E-state index in [1.807, 2.05) is 6.07 Å². The van der Waals surface area contributed by atoms with Crippen LogP contribution in [0.4, 0.5) is 10.1 Å². The first kappa shape index (κ1) is 21.6. The Morgan fingerprint density at radius 1 is 1.21 bits per heavy atom. The smallest absolute Gasteiger partial charge is 0.250 e. The molecule has 6 atom stereocenters.